The number of furan rings is 1. The highest BCUT2D eigenvalue weighted by atomic mass is 16.3. The second-order valence-electron chi connectivity index (χ2n) is 5.95. The van der Waals surface area contributed by atoms with Gasteiger partial charge in [-0.05, 0) is 37.8 Å². The van der Waals surface area contributed by atoms with Crippen molar-refractivity contribution in [3.05, 3.63) is 24.2 Å². The van der Waals surface area contributed by atoms with E-state index in [4.69, 9.17) is 10.2 Å². The summed E-state index contributed by atoms with van der Waals surface area (Å²) in [5.41, 5.74) is 5.90. The number of hydrogen-bond donors (Lipinski definition) is 1. The number of nitrogens with two attached hydrogens (primary N) is 1. The van der Waals surface area contributed by atoms with Crippen molar-refractivity contribution in [1.29, 1.82) is 0 Å². The zero-order valence-electron chi connectivity index (χ0n) is 11.8. The van der Waals surface area contributed by atoms with Gasteiger partial charge in [0.2, 0.25) is 5.91 Å². The van der Waals surface area contributed by atoms with E-state index in [1.54, 1.807) is 6.26 Å². The zero-order chi connectivity index (χ0) is 13.9. The van der Waals surface area contributed by atoms with E-state index in [-0.39, 0.29) is 5.91 Å². The molecule has 0 bridgehead atoms. The van der Waals surface area contributed by atoms with Crippen LogP contribution in [-0.4, -0.2) is 47.4 Å². The Labute approximate surface area is 119 Å². The van der Waals surface area contributed by atoms with Crippen molar-refractivity contribution in [3.8, 4) is 0 Å². The van der Waals surface area contributed by atoms with Crippen LogP contribution in [0.25, 0.3) is 0 Å². The summed E-state index contributed by atoms with van der Waals surface area (Å²) in [5.74, 6) is 1.09. The molecule has 2 aliphatic rings. The Morgan fingerprint density at radius 1 is 1.35 bits per heavy atom. The smallest absolute Gasteiger partial charge is 0.237 e. The number of carbonyl (C=O) groups excluding carboxylic acids is 1. The topological polar surface area (TPSA) is 62.7 Å². The van der Waals surface area contributed by atoms with Crippen molar-refractivity contribution < 1.29 is 9.21 Å². The first-order valence-corrected chi connectivity index (χ1v) is 7.52. The molecule has 0 radical (unpaired) electrons. The molecule has 1 saturated carbocycles. The molecule has 5 nitrogen and oxygen atoms in total. The lowest BCUT2D eigenvalue weighted by Crippen LogP contribution is -2.46. The number of rotatable bonds is 5. The van der Waals surface area contributed by atoms with Gasteiger partial charge in [-0.15, -0.1) is 0 Å². The predicted octanol–water partition coefficient (Wildman–Crippen LogP) is 1.19. The molecule has 1 aromatic heterocycles. The van der Waals surface area contributed by atoms with Gasteiger partial charge in [-0.25, -0.2) is 0 Å². The second kappa shape index (κ2) is 5.97. The third-order valence-corrected chi connectivity index (χ3v) is 4.21. The number of piperidine rings is 1. The van der Waals surface area contributed by atoms with E-state index in [1.165, 1.54) is 0 Å². The quantitative estimate of drug-likeness (QED) is 0.878. The lowest BCUT2D eigenvalue weighted by Gasteiger charge is -2.31. The Bertz CT molecular complexity index is 434. The molecule has 1 aliphatic carbocycles. The fourth-order valence-electron chi connectivity index (χ4n) is 2.77. The highest BCUT2D eigenvalue weighted by Crippen LogP contribution is 2.28. The van der Waals surface area contributed by atoms with Crippen LogP contribution in [0.1, 0.15) is 31.4 Å². The number of hydrogen-bond acceptors (Lipinski definition) is 4. The molecule has 2 fully saturated rings. The van der Waals surface area contributed by atoms with Crippen LogP contribution in [0.5, 0.6) is 0 Å². The number of carbonyl (C=O) groups is 1. The van der Waals surface area contributed by atoms with E-state index in [9.17, 15) is 4.79 Å². The van der Waals surface area contributed by atoms with Crippen molar-refractivity contribution in [1.82, 2.24) is 9.80 Å². The molecule has 110 valence electrons. The van der Waals surface area contributed by atoms with Gasteiger partial charge in [0, 0.05) is 25.2 Å². The molecule has 3 rings (SSSR count). The van der Waals surface area contributed by atoms with Crippen LogP contribution in [0.15, 0.2) is 22.8 Å². The fourth-order valence-corrected chi connectivity index (χ4v) is 2.77. The highest BCUT2D eigenvalue weighted by molar-refractivity contribution is 5.79. The SMILES string of the molecule is NC1CCN(CC(=O)N(Cc2ccco2)C2CC2)CC1. The number of likely N-dealkylation sites (tertiary alicyclic amines) is 1. The average Bonchev–Trinajstić information content (AvgIpc) is 3.15. The van der Waals surface area contributed by atoms with Gasteiger partial charge in [-0.1, -0.05) is 0 Å². The van der Waals surface area contributed by atoms with Crippen LogP contribution in [0.4, 0.5) is 0 Å². The number of amides is 1. The molecule has 1 amide bonds. The van der Waals surface area contributed by atoms with Gasteiger partial charge in [0.1, 0.15) is 5.76 Å². The van der Waals surface area contributed by atoms with Crippen LogP contribution in [0.2, 0.25) is 0 Å². The molecular weight excluding hydrogens is 254 g/mol. The van der Waals surface area contributed by atoms with Crippen LogP contribution < -0.4 is 5.73 Å². The Kier molecular flexibility index (Phi) is 4.08. The molecule has 20 heavy (non-hydrogen) atoms. The van der Waals surface area contributed by atoms with Gasteiger partial charge in [-0.3, -0.25) is 9.69 Å². The maximum atomic E-state index is 12.5. The third kappa shape index (κ3) is 3.41. The van der Waals surface area contributed by atoms with E-state index in [1.807, 2.05) is 17.0 Å². The summed E-state index contributed by atoms with van der Waals surface area (Å²) in [6.45, 7) is 2.99. The summed E-state index contributed by atoms with van der Waals surface area (Å²) in [6.07, 6.45) is 5.90. The maximum absolute atomic E-state index is 12.5. The molecule has 1 aliphatic heterocycles. The van der Waals surface area contributed by atoms with Gasteiger partial charge in [-0.2, -0.15) is 0 Å². The van der Waals surface area contributed by atoms with Gasteiger partial charge >= 0.3 is 0 Å². The van der Waals surface area contributed by atoms with Crippen molar-refractivity contribution in [2.24, 2.45) is 5.73 Å². The standard InChI is InChI=1S/C15H23N3O2/c16-12-5-7-17(8-6-12)11-15(19)18(13-3-4-13)10-14-2-1-9-20-14/h1-2,9,12-13H,3-8,10-11,16H2. The summed E-state index contributed by atoms with van der Waals surface area (Å²) in [4.78, 5) is 16.7. The fraction of sp³-hybridized carbons (Fsp3) is 0.667. The van der Waals surface area contributed by atoms with Crippen molar-refractivity contribution >= 4 is 5.91 Å². The summed E-state index contributed by atoms with van der Waals surface area (Å²) in [6, 6.07) is 4.53. The van der Waals surface area contributed by atoms with Crippen LogP contribution in [0, 0.1) is 0 Å². The average molecular weight is 277 g/mol. The third-order valence-electron chi connectivity index (χ3n) is 4.21. The summed E-state index contributed by atoms with van der Waals surface area (Å²) >= 11 is 0. The second-order valence-corrected chi connectivity index (χ2v) is 5.95. The molecule has 0 atom stereocenters. The predicted molar refractivity (Wildman–Crippen MR) is 75.9 cm³/mol. The summed E-state index contributed by atoms with van der Waals surface area (Å²) in [5, 5.41) is 0. The highest BCUT2D eigenvalue weighted by Gasteiger charge is 2.33. The van der Waals surface area contributed by atoms with Gasteiger partial charge < -0.3 is 15.1 Å². The van der Waals surface area contributed by atoms with Gasteiger partial charge in [0.15, 0.2) is 0 Å². The van der Waals surface area contributed by atoms with E-state index in [0.717, 1.165) is 44.5 Å². The lowest BCUT2D eigenvalue weighted by molar-refractivity contribution is -0.134. The van der Waals surface area contributed by atoms with E-state index < -0.39 is 0 Å². The molecule has 5 heteroatoms. The van der Waals surface area contributed by atoms with Crippen LogP contribution >= 0.6 is 0 Å². The minimum atomic E-state index is 0.222. The summed E-state index contributed by atoms with van der Waals surface area (Å²) in [7, 11) is 0. The van der Waals surface area contributed by atoms with E-state index in [0.29, 0.717) is 25.2 Å². The first-order chi connectivity index (χ1) is 9.72. The number of nitrogens with zero attached hydrogens (tertiary/aromatic N) is 2. The first-order valence-electron chi connectivity index (χ1n) is 7.52. The van der Waals surface area contributed by atoms with E-state index >= 15 is 0 Å². The van der Waals surface area contributed by atoms with Gasteiger partial charge in [0.25, 0.3) is 0 Å². The van der Waals surface area contributed by atoms with Crippen LogP contribution in [-0.2, 0) is 11.3 Å². The van der Waals surface area contributed by atoms with Gasteiger partial charge in [0.05, 0.1) is 19.4 Å². The zero-order valence-corrected chi connectivity index (χ0v) is 11.8. The normalized spacial score (nSPS) is 21.1. The first kappa shape index (κ1) is 13.6. The van der Waals surface area contributed by atoms with Crippen molar-refractivity contribution in [2.45, 2.75) is 44.3 Å². The minimum Gasteiger partial charge on any atom is -0.467 e. The monoisotopic (exact) mass is 277 g/mol. The van der Waals surface area contributed by atoms with Crippen molar-refractivity contribution in [2.75, 3.05) is 19.6 Å². The molecule has 1 aromatic rings. The maximum Gasteiger partial charge on any atom is 0.237 e. The lowest BCUT2D eigenvalue weighted by atomic mass is 10.1. The van der Waals surface area contributed by atoms with E-state index in [2.05, 4.69) is 4.90 Å². The molecule has 1 saturated heterocycles. The molecule has 0 unspecified atom stereocenters. The molecule has 2 heterocycles. The summed E-state index contributed by atoms with van der Waals surface area (Å²) < 4.78 is 5.37. The Morgan fingerprint density at radius 2 is 2.10 bits per heavy atom. The molecular formula is C15H23N3O2. The van der Waals surface area contributed by atoms with Crippen LogP contribution in [0.3, 0.4) is 0 Å². The minimum absolute atomic E-state index is 0.222. The molecule has 0 aromatic carbocycles. The molecule has 2 N–H and O–H groups in total. The molecule has 0 spiro atoms. The Morgan fingerprint density at radius 3 is 2.70 bits per heavy atom. The largest absolute Gasteiger partial charge is 0.467 e. The van der Waals surface area contributed by atoms with Crippen molar-refractivity contribution in [3.63, 3.8) is 0 Å². The Hall–Kier alpha value is -1.33. The Balaban J connectivity index is 1.55.